The SMILES string of the molecule is OCC(O)CSCc1coc(-c2cccs2)n1. The Morgan fingerprint density at radius 1 is 1.53 bits per heavy atom. The maximum absolute atomic E-state index is 9.18. The van der Waals surface area contributed by atoms with Crippen LogP contribution in [0, 0.1) is 0 Å². The van der Waals surface area contributed by atoms with E-state index in [1.54, 1.807) is 17.6 Å². The molecule has 6 heteroatoms. The molecule has 0 saturated carbocycles. The topological polar surface area (TPSA) is 66.5 Å². The van der Waals surface area contributed by atoms with Crippen LogP contribution in [0.1, 0.15) is 5.69 Å². The molecule has 1 atom stereocenters. The quantitative estimate of drug-likeness (QED) is 0.841. The zero-order valence-corrected chi connectivity index (χ0v) is 10.7. The van der Waals surface area contributed by atoms with Gasteiger partial charge in [-0.05, 0) is 11.4 Å². The standard InChI is InChI=1S/C11H13NO3S2/c13-4-9(14)7-16-6-8-5-15-11(12-8)10-2-1-3-17-10/h1-3,5,9,13-14H,4,6-7H2. The molecule has 0 aliphatic carbocycles. The third-order valence-corrected chi connectivity index (χ3v) is 4.03. The number of aliphatic hydroxyl groups excluding tert-OH is 2. The number of thioether (sulfide) groups is 1. The number of hydrogen-bond donors (Lipinski definition) is 2. The second-order valence-corrected chi connectivity index (χ2v) is 5.45. The number of nitrogens with zero attached hydrogens (tertiary/aromatic N) is 1. The lowest BCUT2D eigenvalue weighted by Crippen LogP contribution is -2.14. The van der Waals surface area contributed by atoms with E-state index in [9.17, 15) is 5.11 Å². The molecule has 92 valence electrons. The molecule has 2 rings (SSSR count). The molecule has 0 amide bonds. The van der Waals surface area contributed by atoms with Crippen LogP contribution in [0.3, 0.4) is 0 Å². The predicted molar refractivity (Wildman–Crippen MR) is 69.1 cm³/mol. The first-order chi connectivity index (χ1) is 8.29. The van der Waals surface area contributed by atoms with E-state index in [0.717, 1.165) is 10.6 Å². The highest BCUT2D eigenvalue weighted by atomic mass is 32.2. The van der Waals surface area contributed by atoms with E-state index in [-0.39, 0.29) is 6.61 Å². The van der Waals surface area contributed by atoms with Crippen LogP contribution in [0.4, 0.5) is 0 Å². The van der Waals surface area contributed by atoms with Crippen LogP contribution in [0.5, 0.6) is 0 Å². The number of thiophene rings is 1. The van der Waals surface area contributed by atoms with E-state index in [2.05, 4.69) is 4.98 Å². The summed E-state index contributed by atoms with van der Waals surface area (Å²) >= 11 is 3.11. The van der Waals surface area contributed by atoms with Crippen LogP contribution in [-0.4, -0.2) is 33.7 Å². The fourth-order valence-corrected chi connectivity index (χ4v) is 2.73. The van der Waals surface area contributed by atoms with Crippen LogP contribution in [0.15, 0.2) is 28.2 Å². The second-order valence-electron chi connectivity index (χ2n) is 3.47. The monoisotopic (exact) mass is 271 g/mol. The van der Waals surface area contributed by atoms with Crippen molar-refractivity contribution in [1.29, 1.82) is 0 Å². The molecule has 2 aromatic rings. The molecule has 0 spiro atoms. The highest BCUT2D eigenvalue weighted by Crippen LogP contribution is 2.24. The Hall–Kier alpha value is -0.820. The molecule has 1 unspecified atom stereocenters. The zero-order chi connectivity index (χ0) is 12.1. The summed E-state index contributed by atoms with van der Waals surface area (Å²) in [5.74, 6) is 1.81. The minimum absolute atomic E-state index is 0.202. The predicted octanol–water partition coefficient (Wildman–Crippen LogP) is 1.99. The Morgan fingerprint density at radius 3 is 3.12 bits per heavy atom. The Balaban J connectivity index is 1.87. The largest absolute Gasteiger partial charge is 0.444 e. The fraction of sp³-hybridized carbons (Fsp3) is 0.364. The maximum atomic E-state index is 9.18. The molecular weight excluding hydrogens is 258 g/mol. The summed E-state index contributed by atoms with van der Waals surface area (Å²) in [6, 6.07) is 3.92. The van der Waals surface area contributed by atoms with Crippen LogP contribution < -0.4 is 0 Å². The van der Waals surface area contributed by atoms with Crippen LogP contribution in [0.25, 0.3) is 10.8 Å². The number of hydrogen-bond acceptors (Lipinski definition) is 6. The highest BCUT2D eigenvalue weighted by molar-refractivity contribution is 7.98. The van der Waals surface area contributed by atoms with Gasteiger partial charge in [0.25, 0.3) is 0 Å². The van der Waals surface area contributed by atoms with E-state index in [0.29, 0.717) is 17.4 Å². The lowest BCUT2D eigenvalue weighted by Gasteiger charge is -2.04. The second kappa shape index (κ2) is 6.20. The molecule has 0 aliphatic heterocycles. The Labute approximate surface area is 107 Å². The van der Waals surface area contributed by atoms with Gasteiger partial charge in [-0.2, -0.15) is 11.8 Å². The molecule has 0 fully saturated rings. The molecule has 2 heterocycles. The van der Waals surface area contributed by atoms with Crippen molar-refractivity contribution in [3.63, 3.8) is 0 Å². The van der Waals surface area contributed by atoms with Crippen molar-refractivity contribution >= 4 is 23.1 Å². The van der Waals surface area contributed by atoms with Crippen LogP contribution >= 0.6 is 23.1 Å². The summed E-state index contributed by atoms with van der Waals surface area (Å²) in [5.41, 5.74) is 0.850. The summed E-state index contributed by atoms with van der Waals surface area (Å²) in [4.78, 5) is 5.36. The number of aliphatic hydroxyl groups is 2. The van der Waals surface area contributed by atoms with Crippen molar-refractivity contribution in [2.24, 2.45) is 0 Å². The van der Waals surface area contributed by atoms with E-state index in [4.69, 9.17) is 9.52 Å². The molecule has 4 nitrogen and oxygen atoms in total. The molecule has 0 saturated heterocycles. The van der Waals surface area contributed by atoms with E-state index >= 15 is 0 Å². The number of rotatable bonds is 6. The van der Waals surface area contributed by atoms with E-state index in [1.165, 1.54) is 11.8 Å². The Bertz CT molecular complexity index is 441. The van der Waals surface area contributed by atoms with E-state index in [1.807, 2.05) is 17.5 Å². The number of oxazole rings is 1. The van der Waals surface area contributed by atoms with Gasteiger partial charge < -0.3 is 14.6 Å². The lowest BCUT2D eigenvalue weighted by molar-refractivity contribution is 0.113. The highest BCUT2D eigenvalue weighted by Gasteiger charge is 2.08. The third-order valence-electron chi connectivity index (χ3n) is 2.05. The summed E-state index contributed by atoms with van der Waals surface area (Å²) in [5, 5.41) is 19.8. The molecule has 0 radical (unpaired) electrons. The molecule has 0 aromatic carbocycles. The van der Waals surface area contributed by atoms with Crippen molar-refractivity contribution < 1.29 is 14.6 Å². The van der Waals surface area contributed by atoms with Crippen molar-refractivity contribution in [3.05, 3.63) is 29.5 Å². The Morgan fingerprint density at radius 2 is 2.41 bits per heavy atom. The minimum atomic E-state index is -0.663. The fourth-order valence-electron chi connectivity index (χ4n) is 1.24. The minimum Gasteiger partial charge on any atom is -0.444 e. The average molecular weight is 271 g/mol. The summed E-state index contributed by atoms with van der Waals surface area (Å²) in [7, 11) is 0. The van der Waals surface area contributed by atoms with Crippen molar-refractivity contribution in [1.82, 2.24) is 4.98 Å². The van der Waals surface area contributed by atoms with Gasteiger partial charge in [0.05, 0.1) is 23.3 Å². The first-order valence-electron chi connectivity index (χ1n) is 5.14. The third kappa shape index (κ3) is 3.57. The van der Waals surface area contributed by atoms with Gasteiger partial charge in [0.2, 0.25) is 5.89 Å². The number of aromatic nitrogens is 1. The molecule has 2 aromatic heterocycles. The molecule has 2 N–H and O–H groups in total. The first-order valence-corrected chi connectivity index (χ1v) is 7.18. The van der Waals surface area contributed by atoms with E-state index < -0.39 is 6.10 Å². The smallest absolute Gasteiger partial charge is 0.236 e. The van der Waals surface area contributed by atoms with Gasteiger partial charge in [-0.15, -0.1) is 11.3 Å². The summed E-state index contributed by atoms with van der Waals surface area (Å²) < 4.78 is 5.37. The summed E-state index contributed by atoms with van der Waals surface area (Å²) in [6.45, 7) is -0.202. The van der Waals surface area contributed by atoms with Gasteiger partial charge >= 0.3 is 0 Å². The van der Waals surface area contributed by atoms with Gasteiger partial charge in [-0.3, -0.25) is 0 Å². The van der Waals surface area contributed by atoms with Crippen molar-refractivity contribution in [3.8, 4) is 10.8 Å². The van der Waals surface area contributed by atoms with Crippen molar-refractivity contribution in [2.75, 3.05) is 12.4 Å². The van der Waals surface area contributed by atoms with Gasteiger partial charge in [0.1, 0.15) is 6.26 Å². The van der Waals surface area contributed by atoms with Crippen LogP contribution in [0.2, 0.25) is 0 Å². The molecule has 0 bridgehead atoms. The molecular formula is C11H13NO3S2. The lowest BCUT2D eigenvalue weighted by atomic mass is 10.4. The zero-order valence-electron chi connectivity index (χ0n) is 9.07. The first kappa shape index (κ1) is 12.6. The molecule has 17 heavy (non-hydrogen) atoms. The molecule has 0 aliphatic rings. The maximum Gasteiger partial charge on any atom is 0.236 e. The van der Waals surface area contributed by atoms with Gasteiger partial charge in [0, 0.05) is 11.5 Å². The summed E-state index contributed by atoms with van der Waals surface area (Å²) in [6.07, 6.45) is 0.969. The normalized spacial score (nSPS) is 12.8. The van der Waals surface area contributed by atoms with Crippen LogP contribution in [-0.2, 0) is 5.75 Å². The Kier molecular flexibility index (Phi) is 4.61. The van der Waals surface area contributed by atoms with Gasteiger partial charge in [0.15, 0.2) is 0 Å². The van der Waals surface area contributed by atoms with Gasteiger partial charge in [-0.1, -0.05) is 6.07 Å². The average Bonchev–Trinajstić information content (AvgIpc) is 2.98. The van der Waals surface area contributed by atoms with Gasteiger partial charge in [-0.25, -0.2) is 4.98 Å². The van der Waals surface area contributed by atoms with Crippen molar-refractivity contribution in [2.45, 2.75) is 11.9 Å².